The minimum absolute atomic E-state index is 0.00287. The number of fused-ring (bicyclic) bond motifs is 5. The van der Waals surface area contributed by atoms with Crippen LogP contribution < -0.4 is 9.47 Å². The van der Waals surface area contributed by atoms with Gasteiger partial charge < -0.3 is 28.3 Å². The molecule has 0 bridgehead atoms. The first-order valence-corrected chi connectivity index (χ1v) is 22.6. The highest BCUT2D eigenvalue weighted by Crippen LogP contribution is 2.60. The van der Waals surface area contributed by atoms with E-state index in [1.807, 2.05) is 83.2 Å². The Morgan fingerprint density at radius 1 is 1.03 bits per heavy atom. The van der Waals surface area contributed by atoms with Gasteiger partial charge in [0, 0.05) is 27.8 Å². The van der Waals surface area contributed by atoms with Gasteiger partial charge in [0.05, 0.1) is 16.6 Å². The van der Waals surface area contributed by atoms with Crippen molar-refractivity contribution in [2.24, 2.45) is 11.8 Å². The molecular formula is C44H49ClN2O10Si. The van der Waals surface area contributed by atoms with Gasteiger partial charge in [-0.05, 0) is 94.1 Å². The predicted molar refractivity (Wildman–Crippen MR) is 220 cm³/mol. The van der Waals surface area contributed by atoms with Crippen molar-refractivity contribution in [3.63, 3.8) is 0 Å². The molecule has 1 heterocycles. The van der Waals surface area contributed by atoms with E-state index in [1.165, 1.54) is 6.07 Å². The van der Waals surface area contributed by atoms with E-state index in [0.717, 1.165) is 5.56 Å². The molecule has 3 aliphatic rings. The third-order valence-corrected chi connectivity index (χ3v) is 16.8. The summed E-state index contributed by atoms with van der Waals surface area (Å²) in [5, 5.41) is 17.3. The molecule has 306 valence electrons. The molecule has 0 aliphatic heterocycles. The van der Waals surface area contributed by atoms with Crippen molar-refractivity contribution in [2.45, 2.75) is 96.4 Å². The van der Waals surface area contributed by atoms with Gasteiger partial charge in [-0.3, -0.25) is 19.3 Å². The molecule has 0 unspecified atom stereocenters. The number of hydrogen-bond acceptors (Lipinski definition) is 12. The monoisotopic (exact) mass is 828 g/mol. The number of ketones is 2. The number of aliphatic hydroxyl groups is 1. The highest BCUT2D eigenvalue weighted by molar-refractivity contribution is 6.74. The van der Waals surface area contributed by atoms with Crippen molar-refractivity contribution in [3.05, 3.63) is 92.7 Å². The number of Topliss-reactive ketones (excluding diaryl/α,β-unsaturated/α-hetero) is 2. The van der Waals surface area contributed by atoms with Gasteiger partial charge in [-0.2, -0.15) is 0 Å². The van der Waals surface area contributed by atoms with E-state index in [0.29, 0.717) is 17.2 Å². The van der Waals surface area contributed by atoms with Crippen LogP contribution in [0.2, 0.25) is 23.2 Å². The summed E-state index contributed by atoms with van der Waals surface area (Å²) in [5.74, 6) is -3.25. The Morgan fingerprint density at radius 2 is 1.72 bits per heavy atom. The van der Waals surface area contributed by atoms with Gasteiger partial charge in [0.1, 0.15) is 29.8 Å². The molecule has 58 heavy (non-hydrogen) atoms. The van der Waals surface area contributed by atoms with Gasteiger partial charge >= 0.3 is 6.16 Å². The minimum atomic E-state index is -3.01. The summed E-state index contributed by atoms with van der Waals surface area (Å²) in [6, 6.07) is 13.5. The van der Waals surface area contributed by atoms with Crippen LogP contribution in [0.3, 0.4) is 0 Å². The smallest absolute Gasteiger partial charge is 0.507 e. The lowest BCUT2D eigenvalue weighted by atomic mass is 9.57. The number of halogens is 1. The molecule has 12 nitrogen and oxygen atoms in total. The molecule has 0 amide bonds. The lowest BCUT2D eigenvalue weighted by Crippen LogP contribution is -2.68. The average Bonchev–Trinajstić information content (AvgIpc) is 3.55. The summed E-state index contributed by atoms with van der Waals surface area (Å²) in [6.45, 7) is 15.1. The zero-order valence-electron chi connectivity index (χ0n) is 34.4. The fourth-order valence-electron chi connectivity index (χ4n) is 8.30. The number of benzene rings is 3. The third-order valence-electron chi connectivity index (χ3n) is 11.9. The zero-order chi connectivity index (χ0) is 42.3. The largest absolute Gasteiger partial charge is 0.514 e. The number of carbonyl (C=O) groups excluding carboxylic acids is 4. The number of rotatable bonds is 8. The molecule has 1 N–H and O–H groups in total. The Hall–Kier alpha value is -4.82. The summed E-state index contributed by atoms with van der Waals surface area (Å²) in [6.07, 6.45) is -0.0839. The van der Waals surface area contributed by atoms with Crippen molar-refractivity contribution in [1.82, 2.24) is 10.1 Å². The Balaban J connectivity index is 1.47. The standard InChI is InChI=1S/C44H49ClN2O10Si/c1-42(2,3)55-41(52)54-36-27-18-24(21-48)16-17-26(27)33(45)28-19-25-20-29-34(47(7)8)37-32(40(46-56-37)53-22-23-14-12-11-13-15-23)39(51)44(29,57-58(9,10)43(4,5)6)38(50)30(25)35(49)31(28)36/h11-18,21,25,29,34,49H,19-20,22H2,1-10H3/t25-,29-,34-,44-/m0/s1. The molecule has 3 aromatic carbocycles. The van der Waals surface area contributed by atoms with Gasteiger partial charge in [0.2, 0.25) is 11.6 Å². The van der Waals surface area contributed by atoms with Gasteiger partial charge in [-0.15, -0.1) is 0 Å². The second-order valence-electron chi connectivity index (χ2n) is 18.2. The predicted octanol–water partition coefficient (Wildman–Crippen LogP) is 9.48. The number of carbonyl (C=O) groups is 4. The van der Waals surface area contributed by atoms with Crippen LogP contribution in [0.25, 0.3) is 16.5 Å². The second kappa shape index (κ2) is 14.5. The number of nitrogens with zero attached hydrogens (tertiary/aromatic N) is 2. The summed E-state index contributed by atoms with van der Waals surface area (Å²) in [5.41, 5.74) is -1.59. The Bertz CT molecular complexity index is 2390. The van der Waals surface area contributed by atoms with Crippen LogP contribution in [-0.4, -0.2) is 72.8 Å². The maximum atomic E-state index is 15.8. The van der Waals surface area contributed by atoms with Crippen LogP contribution in [0.15, 0.2) is 58.6 Å². The lowest BCUT2D eigenvalue weighted by molar-refractivity contribution is -0.140. The molecule has 7 rings (SSSR count). The van der Waals surface area contributed by atoms with E-state index in [2.05, 4.69) is 5.16 Å². The fourth-order valence-corrected chi connectivity index (χ4v) is 10.1. The van der Waals surface area contributed by atoms with E-state index in [4.69, 9.17) is 34.8 Å². The van der Waals surface area contributed by atoms with E-state index >= 15 is 9.59 Å². The van der Waals surface area contributed by atoms with Gasteiger partial charge in [0.15, 0.2) is 25.4 Å². The molecule has 3 aliphatic carbocycles. The summed E-state index contributed by atoms with van der Waals surface area (Å²) in [4.78, 5) is 58.6. The number of aliphatic hydroxyl groups excluding tert-OH is 1. The molecule has 1 saturated carbocycles. The van der Waals surface area contributed by atoms with Crippen LogP contribution in [0.5, 0.6) is 11.6 Å². The second-order valence-corrected chi connectivity index (χ2v) is 23.3. The highest BCUT2D eigenvalue weighted by atomic mass is 35.5. The molecule has 0 spiro atoms. The summed E-state index contributed by atoms with van der Waals surface area (Å²) in [7, 11) is 0.679. The maximum absolute atomic E-state index is 15.8. The molecule has 1 aromatic heterocycles. The van der Waals surface area contributed by atoms with Crippen molar-refractivity contribution in [1.29, 1.82) is 0 Å². The first-order valence-electron chi connectivity index (χ1n) is 19.3. The van der Waals surface area contributed by atoms with Crippen molar-refractivity contribution in [2.75, 3.05) is 14.1 Å². The molecule has 1 fully saturated rings. The van der Waals surface area contributed by atoms with Gasteiger partial charge in [0.25, 0.3) is 5.88 Å². The quantitative estimate of drug-likeness (QED) is 0.0591. The van der Waals surface area contributed by atoms with Crippen molar-refractivity contribution >= 4 is 60.5 Å². The number of aldehydes is 1. The summed E-state index contributed by atoms with van der Waals surface area (Å²) >= 11 is 7.15. The Kier molecular flexibility index (Phi) is 10.3. The first-order chi connectivity index (χ1) is 27.1. The highest BCUT2D eigenvalue weighted by Gasteiger charge is 2.69. The average molecular weight is 829 g/mol. The molecular weight excluding hydrogens is 780 g/mol. The SMILES string of the molecule is CN(C)[C@@H]1c2onc(OCc3ccccc3)c2C(=O)[C@@]2(O[Si](C)(C)C(C)(C)C)C(=O)C3=C(O)c4c(c(Cl)c5ccc(C=O)cc5c4OC(=O)OC(C)(C)C)C[C@H]3C[C@@H]12. The third kappa shape index (κ3) is 6.75. The van der Waals surface area contributed by atoms with E-state index in [-0.39, 0.29) is 69.5 Å². The van der Waals surface area contributed by atoms with Crippen molar-refractivity contribution < 1.29 is 47.4 Å². The Morgan fingerprint density at radius 3 is 2.34 bits per heavy atom. The minimum Gasteiger partial charge on any atom is -0.507 e. The van der Waals surface area contributed by atoms with Gasteiger partial charge in [-0.25, -0.2) is 4.79 Å². The molecule has 0 radical (unpaired) electrons. The van der Waals surface area contributed by atoms with Gasteiger partial charge in [-0.1, -0.05) is 74.8 Å². The van der Waals surface area contributed by atoms with Crippen LogP contribution >= 0.6 is 11.6 Å². The molecule has 4 aromatic rings. The summed E-state index contributed by atoms with van der Waals surface area (Å²) < 4.78 is 30.8. The van der Waals surface area contributed by atoms with E-state index in [9.17, 15) is 14.7 Å². The van der Waals surface area contributed by atoms with Crippen LogP contribution in [0.1, 0.15) is 97.2 Å². The fraction of sp³-hybridized carbons (Fsp3) is 0.432. The Labute approximate surface area is 343 Å². The molecule has 4 atom stereocenters. The van der Waals surface area contributed by atoms with Crippen molar-refractivity contribution in [3.8, 4) is 11.6 Å². The van der Waals surface area contributed by atoms with E-state index in [1.54, 1.807) is 32.9 Å². The maximum Gasteiger partial charge on any atom is 0.514 e. The van der Waals surface area contributed by atoms with Crippen LogP contribution in [0, 0.1) is 11.8 Å². The molecule has 0 saturated heterocycles. The first kappa shape index (κ1) is 41.3. The molecule has 14 heteroatoms. The number of aromatic nitrogens is 1. The number of ether oxygens (including phenoxy) is 3. The van der Waals surface area contributed by atoms with Crippen LogP contribution in [0.4, 0.5) is 4.79 Å². The van der Waals surface area contributed by atoms with Crippen LogP contribution in [-0.2, 0) is 27.0 Å². The number of hydrogen-bond donors (Lipinski definition) is 1. The topological polar surface area (TPSA) is 155 Å². The van der Waals surface area contributed by atoms with E-state index < -0.39 is 65.9 Å². The lowest BCUT2D eigenvalue weighted by Gasteiger charge is -2.55. The normalized spacial score (nSPS) is 22.0. The zero-order valence-corrected chi connectivity index (χ0v) is 36.2.